The highest BCUT2D eigenvalue weighted by Gasteiger charge is 2.48. The number of hydrogen-bond donors (Lipinski definition) is 2. The first-order chi connectivity index (χ1) is 14.4. The number of carbonyl (C=O) groups is 1. The highest BCUT2D eigenvalue weighted by atomic mass is 32.2. The number of nitro benzene ring substituents is 1. The molecule has 0 radical (unpaired) electrons. The first-order valence-electron chi connectivity index (χ1n) is 11.4. The zero-order valence-corrected chi connectivity index (χ0v) is 18.7. The Morgan fingerprint density at radius 1 is 1.23 bits per heavy atom. The van der Waals surface area contributed by atoms with Crippen molar-refractivity contribution in [3.8, 4) is 0 Å². The topological polar surface area (TPSA) is 84.3 Å². The van der Waals surface area contributed by atoms with Crippen molar-refractivity contribution in [2.45, 2.75) is 81.7 Å². The Kier molecular flexibility index (Phi) is 6.39. The Hall–Kier alpha value is -1.60. The van der Waals surface area contributed by atoms with E-state index in [1.807, 2.05) is 0 Å². The van der Waals surface area contributed by atoms with Crippen molar-refractivity contribution in [1.29, 1.82) is 0 Å². The molecule has 0 heterocycles. The standard InChI is InChI=1S/C23H33N3O3S/c1-3-17-13-16-11-15(2)12-18(14-16)21(17)24-22(27)23(9-6-10-23)25-30-20-8-5-4-7-19(20)26(28)29/h4-5,7-8,15-18,21,25H,3,6,9-14H2,1-2H3,(H,24,27). The van der Waals surface area contributed by atoms with Gasteiger partial charge in [-0.25, -0.2) is 4.72 Å². The highest BCUT2D eigenvalue weighted by Crippen LogP contribution is 2.46. The van der Waals surface area contributed by atoms with Gasteiger partial charge in [-0.2, -0.15) is 0 Å². The van der Waals surface area contributed by atoms with Gasteiger partial charge in [-0.3, -0.25) is 14.9 Å². The molecule has 0 saturated heterocycles. The molecule has 1 aromatic carbocycles. The molecule has 0 aliphatic heterocycles. The molecule has 7 heteroatoms. The number of rotatable bonds is 7. The van der Waals surface area contributed by atoms with Crippen LogP contribution in [0.5, 0.6) is 0 Å². The maximum Gasteiger partial charge on any atom is 0.284 e. The fourth-order valence-electron chi connectivity index (χ4n) is 5.95. The van der Waals surface area contributed by atoms with Gasteiger partial charge in [0.2, 0.25) is 5.91 Å². The van der Waals surface area contributed by atoms with Crippen molar-refractivity contribution in [3.05, 3.63) is 34.4 Å². The van der Waals surface area contributed by atoms with Gasteiger partial charge in [0.25, 0.3) is 5.69 Å². The largest absolute Gasteiger partial charge is 0.351 e. The van der Waals surface area contributed by atoms with Crippen LogP contribution in [-0.2, 0) is 4.79 Å². The van der Waals surface area contributed by atoms with Crippen LogP contribution in [0.3, 0.4) is 0 Å². The molecule has 4 rings (SSSR count). The molecular formula is C23H33N3O3S. The summed E-state index contributed by atoms with van der Waals surface area (Å²) < 4.78 is 3.33. The number of nitrogens with one attached hydrogen (secondary N) is 2. The second-order valence-corrected chi connectivity index (χ2v) is 10.6. The van der Waals surface area contributed by atoms with E-state index in [4.69, 9.17) is 0 Å². The van der Waals surface area contributed by atoms with Crippen LogP contribution in [0.25, 0.3) is 0 Å². The molecule has 2 bridgehead atoms. The van der Waals surface area contributed by atoms with Crippen LogP contribution in [0.2, 0.25) is 0 Å². The van der Waals surface area contributed by atoms with Crippen molar-refractivity contribution in [1.82, 2.24) is 10.0 Å². The minimum atomic E-state index is -0.621. The monoisotopic (exact) mass is 431 g/mol. The average molecular weight is 432 g/mol. The van der Waals surface area contributed by atoms with Crippen LogP contribution in [0, 0.1) is 33.8 Å². The SMILES string of the molecule is CCC1CC2CC(C)CC(C2)C1NC(=O)C1(NSc2ccccc2[N+](=O)[O-])CCC1. The van der Waals surface area contributed by atoms with Gasteiger partial charge < -0.3 is 5.32 Å². The van der Waals surface area contributed by atoms with Crippen LogP contribution in [0.15, 0.2) is 29.2 Å². The molecule has 3 saturated carbocycles. The summed E-state index contributed by atoms with van der Waals surface area (Å²) in [4.78, 5) is 24.9. The maximum atomic E-state index is 13.4. The quantitative estimate of drug-likeness (QED) is 0.357. The van der Waals surface area contributed by atoms with Gasteiger partial charge in [0.05, 0.1) is 4.92 Å². The molecule has 2 N–H and O–H groups in total. The van der Waals surface area contributed by atoms with Gasteiger partial charge in [0.1, 0.15) is 10.4 Å². The van der Waals surface area contributed by atoms with Crippen molar-refractivity contribution in [2.75, 3.05) is 0 Å². The summed E-state index contributed by atoms with van der Waals surface area (Å²) in [5.41, 5.74) is -0.547. The maximum absolute atomic E-state index is 13.4. The Morgan fingerprint density at radius 3 is 2.67 bits per heavy atom. The Labute approximate surface area is 183 Å². The normalized spacial score (nSPS) is 32.1. The Morgan fingerprint density at radius 2 is 2.00 bits per heavy atom. The van der Waals surface area contributed by atoms with Gasteiger partial charge in [-0.05, 0) is 86.6 Å². The number of carbonyl (C=O) groups excluding carboxylic acids is 1. The molecule has 5 unspecified atom stereocenters. The second kappa shape index (κ2) is 8.87. The fraction of sp³-hybridized carbons (Fsp3) is 0.696. The number of para-hydroxylation sites is 1. The molecule has 0 aromatic heterocycles. The molecule has 3 fully saturated rings. The van der Waals surface area contributed by atoms with E-state index in [1.165, 1.54) is 43.7 Å². The molecule has 1 aromatic rings. The molecule has 30 heavy (non-hydrogen) atoms. The molecule has 6 nitrogen and oxygen atoms in total. The number of hydrogen-bond acceptors (Lipinski definition) is 5. The summed E-state index contributed by atoms with van der Waals surface area (Å²) in [6, 6.07) is 6.96. The van der Waals surface area contributed by atoms with Crippen LogP contribution >= 0.6 is 11.9 Å². The molecule has 5 atom stereocenters. The number of amides is 1. The van der Waals surface area contributed by atoms with E-state index >= 15 is 0 Å². The minimum absolute atomic E-state index is 0.0745. The zero-order valence-electron chi connectivity index (χ0n) is 17.9. The van der Waals surface area contributed by atoms with Crippen LogP contribution < -0.4 is 10.0 Å². The van der Waals surface area contributed by atoms with Crippen LogP contribution in [-0.4, -0.2) is 22.4 Å². The van der Waals surface area contributed by atoms with E-state index in [2.05, 4.69) is 23.9 Å². The Bertz CT molecular complexity index is 796. The number of nitrogens with zero attached hydrogens (tertiary/aromatic N) is 1. The van der Waals surface area contributed by atoms with Gasteiger partial charge in [-0.15, -0.1) is 0 Å². The number of fused-ring (bicyclic) bond motifs is 2. The van der Waals surface area contributed by atoms with E-state index in [-0.39, 0.29) is 22.6 Å². The van der Waals surface area contributed by atoms with Gasteiger partial charge in [-0.1, -0.05) is 32.4 Å². The summed E-state index contributed by atoms with van der Waals surface area (Å²) in [6.07, 6.45) is 8.69. The van der Waals surface area contributed by atoms with E-state index in [0.29, 0.717) is 16.7 Å². The van der Waals surface area contributed by atoms with Crippen molar-refractivity contribution in [2.24, 2.45) is 23.7 Å². The lowest BCUT2D eigenvalue weighted by Crippen LogP contribution is -2.63. The van der Waals surface area contributed by atoms with Crippen molar-refractivity contribution >= 4 is 23.5 Å². The third-order valence-electron chi connectivity index (χ3n) is 7.61. The summed E-state index contributed by atoms with van der Waals surface area (Å²) in [5.74, 6) is 2.80. The molecule has 3 aliphatic carbocycles. The van der Waals surface area contributed by atoms with Gasteiger partial charge in [0, 0.05) is 12.1 Å². The Balaban J connectivity index is 1.45. The first-order valence-corrected chi connectivity index (χ1v) is 12.2. The smallest absolute Gasteiger partial charge is 0.284 e. The first kappa shape index (κ1) is 21.6. The summed E-state index contributed by atoms with van der Waals surface area (Å²) in [5, 5.41) is 14.8. The lowest BCUT2D eigenvalue weighted by Gasteiger charge is -2.49. The molecule has 0 spiro atoms. The van der Waals surface area contributed by atoms with E-state index in [1.54, 1.807) is 18.2 Å². The van der Waals surface area contributed by atoms with Crippen molar-refractivity contribution in [3.63, 3.8) is 0 Å². The second-order valence-electron chi connectivity index (χ2n) is 9.71. The fourth-order valence-corrected chi connectivity index (χ4v) is 6.94. The predicted octanol–water partition coefficient (Wildman–Crippen LogP) is 5.08. The van der Waals surface area contributed by atoms with E-state index < -0.39 is 5.54 Å². The van der Waals surface area contributed by atoms with E-state index in [9.17, 15) is 14.9 Å². The van der Waals surface area contributed by atoms with Crippen LogP contribution in [0.4, 0.5) is 5.69 Å². The summed E-state index contributed by atoms with van der Waals surface area (Å²) >= 11 is 1.22. The zero-order chi connectivity index (χ0) is 21.3. The molecular weight excluding hydrogens is 398 g/mol. The molecule has 1 amide bonds. The predicted molar refractivity (Wildman–Crippen MR) is 119 cm³/mol. The van der Waals surface area contributed by atoms with E-state index in [0.717, 1.165) is 37.5 Å². The molecule has 164 valence electrons. The van der Waals surface area contributed by atoms with Gasteiger partial charge >= 0.3 is 0 Å². The summed E-state index contributed by atoms with van der Waals surface area (Å²) in [7, 11) is 0. The van der Waals surface area contributed by atoms with Crippen LogP contribution in [0.1, 0.15) is 65.2 Å². The lowest BCUT2D eigenvalue weighted by molar-refractivity contribution is -0.387. The number of nitro groups is 1. The molecule has 3 aliphatic rings. The number of benzene rings is 1. The third-order valence-corrected chi connectivity index (χ3v) is 8.67. The average Bonchev–Trinajstić information content (AvgIpc) is 2.69. The van der Waals surface area contributed by atoms with Crippen molar-refractivity contribution < 1.29 is 9.72 Å². The summed E-state index contributed by atoms with van der Waals surface area (Å²) in [6.45, 7) is 4.60. The lowest BCUT2D eigenvalue weighted by atomic mass is 9.62. The highest BCUT2D eigenvalue weighted by molar-refractivity contribution is 7.97. The minimum Gasteiger partial charge on any atom is -0.351 e. The third kappa shape index (κ3) is 4.24. The van der Waals surface area contributed by atoms with Gasteiger partial charge in [0.15, 0.2) is 0 Å².